The average molecular weight is 390 g/mol. The minimum atomic E-state index is -0.490. The Balaban J connectivity index is 1.73. The highest BCUT2D eigenvalue weighted by molar-refractivity contribution is 5.94. The Morgan fingerprint density at radius 1 is 1.18 bits per heavy atom. The molecule has 2 amide bonds. The van der Waals surface area contributed by atoms with E-state index in [1.54, 1.807) is 17.0 Å². The van der Waals surface area contributed by atoms with E-state index in [9.17, 15) is 9.59 Å². The van der Waals surface area contributed by atoms with E-state index in [4.69, 9.17) is 4.74 Å². The lowest BCUT2D eigenvalue weighted by Crippen LogP contribution is -2.63. The molecule has 0 aromatic heterocycles. The highest BCUT2D eigenvalue weighted by Crippen LogP contribution is 2.15. The highest BCUT2D eigenvalue weighted by atomic mass is 16.6. The largest absolute Gasteiger partial charge is 0.444 e. The van der Waals surface area contributed by atoms with E-state index in [0.29, 0.717) is 37.7 Å². The van der Waals surface area contributed by atoms with E-state index in [2.05, 4.69) is 20.9 Å². The average Bonchev–Trinajstić information content (AvgIpc) is 2.60. The fourth-order valence-corrected chi connectivity index (χ4v) is 2.59. The van der Waals surface area contributed by atoms with Crippen molar-refractivity contribution in [3.63, 3.8) is 0 Å². The maximum Gasteiger partial charge on any atom is 0.410 e. The third-order valence-electron chi connectivity index (χ3n) is 3.92. The van der Waals surface area contributed by atoms with Crippen molar-refractivity contribution in [3.8, 4) is 0 Å². The van der Waals surface area contributed by atoms with E-state index in [1.165, 1.54) is 0 Å². The molecule has 0 bridgehead atoms. The van der Waals surface area contributed by atoms with E-state index >= 15 is 0 Å². The first-order valence-electron chi connectivity index (χ1n) is 9.64. The molecule has 1 aliphatic heterocycles. The Morgan fingerprint density at radius 3 is 2.46 bits per heavy atom. The summed E-state index contributed by atoms with van der Waals surface area (Å²) in [6, 6.07) is 9.22. The quantitative estimate of drug-likeness (QED) is 0.390. The zero-order chi connectivity index (χ0) is 20.6. The number of nitrogens with one attached hydrogen (secondary N) is 3. The number of carbonyl (C=O) groups is 2. The second kappa shape index (κ2) is 9.96. The number of benzene rings is 1. The number of rotatable bonds is 6. The molecule has 2 rings (SSSR count). The van der Waals surface area contributed by atoms with Crippen LogP contribution in [0.25, 0.3) is 0 Å². The SMILES string of the molecule is CCNC(=NCCNC(=O)c1ccccc1)NC1CN(C(=O)OC(C)(C)C)C1. The first-order chi connectivity index (χ1) is 13.3. The molecule has 1 aromatic carbocycles. The van der Waals surface area contributed by atoms with Crippen LogP contribution in [0.3, 0.4) is 0 Å². The van der Waals surface area contributed by atoms with E-state index in [1.807, 2.05) is 45.9 Å². The van der Waals surface area contributed by atoms with Crippen LogP contribution in [0.1, 0.15) is 38.1 Å². The summed E-state index contributed by atoms with van der Waals surface area (Å²) in [5, 5.41) is 9.32. The van der Waals surface area contributed by atoms with Crippen molar-refractivity contribution in [2.75, 3.05) is 32.7 Å². The molecule has 0 saturated carbocycles. The molecule has 154 valence electrons. The van der Waals surface area contributed by atoms with Gasteiger partial charge in [-0.2, -0.15) is 0 Å². The Hall–Kier alpha value is -2.77. The number of amides is 2. The lowest BCUT2D eigenvalue weighted by Gasteiger charge is -2.40. The van der Waals surface area contributed by atoms with Crippen molar-refractivity contribution in [1.82, 2.24) is 20.9 Å². The van der Waals surface area contributed by atoms with Crippen LogP contribution in [0.2, 0.25) is 0 Å². The van der Waals surface area contributed by atoms with Crippen LogP contribution < -0.4 is 16.0 Å². The monoisotopic (exact) mass is 389 g/mol. The van der Waals surface area contributed by atoms with Crippen LogP contribution in [-0.2, 0) is 4.74 Å². The van der Waals surface area contributed by atoms with Gasteiger partial charge in [0.05, 0.1) is 12.6 Å². The number of carbonyl (C=O) groups excluding carboxylic acids is 2. The lowest BCUT2D eigenvalue weighted by molar-refractivity contribution is 0.00700. The Bertz CT molecular complexity index is 679. The van der Waals surface area contributed by atoms with Gasteiger partial charge in [0.25, 0.3) is 5.91 Å². The summed E-state index contributed by atoms with van der Waals surface area (Å²) in [6.07, 6.45) is -0.295. The molecular formula is C20H31N5O3. The minimum Gasteiger partial charge on any atom is -0.444 e. The third kappa shape index (κ3) is 7.09. The molecule has 1 fully saturated rings. The smallest absolute Gasteiger partial charge is 0.410 e. The first-order valence-corrected chi connectivity index (χ1v) is 9.64. The molecule has 3 N–H and O–H groups in total. The summed E-state index contributed by atoms with van der Waals surface area (Å²) >= 11 is 0. The van der Waals surface area contributed by atoms with Gasteiger partial charge in [0, 0.05) is 31.7 Å². The van der Waals surface area contributed by atoms with Crippen molar-refractivity contribution in [1.29, 1.82) is 0 Å². The summed E-state index contributed by atoms with van der Waals surface area (Å²) < 4.78 is 5.35. The Morgan fingerprint density at radius 2 is 1.86 bits per heavy atom. The molecule has 8 heteroatoms. The highest BCUT2D eigenvalue weighted by Gasteiger charge is 2.34. The number of aliphatic imine (C=N–C) groups is 1. The summed E-state index contributed by atoms with van der Waals surface area (Å²) in [5.74, 6) is 0.561. The van der Waals surface area contributed by atoms with Crippen molar-refractivity contribution in [3.05, 3.63) is 35.9 Å². The van der Waals surface area contributed by atoms with Gasteiger partial charge in [0.1, 0.15) is 5.60 Å². The van der Waals surface area contributed by atoms with Crippen molar-refractivity contribution in [2.24, 2.45) is 4.99 Å². The minimum absolute atomic E-state index is 0.110. The molecule has 0 atom stereocenters. The normalized spacial score (nSPS) is 14.9. The number of nitrogens with zero attached hydrogens (tertiary/aromatic N) is 2. The van der Waals surface area contributed by atoms with Gasteiger partial charge in [0.15, 0.2) is 5.96 Å². The van der Waals surface area contributed by atoms with Crippen LogP contribution in [0.4, 0.5) is 4.79 Å². The second-order valence-electron chi connectivity index (χ2n) is 7.61. The van der Waals surface area contributed by atoms with Gasteiger partial charge in [-0.3, -0.25) is 9.79 Å². The van der Waals surface area contributed by atoms with Gasteiger partial charge in [-0.05, 0) is 39.8 Å². The van der Waals surface area contributed by atoms with Crippen LogP contribution in [-0.4, -0.2) is 67.2 Å². The molecule has 8 nitrogen and oxygen atoms in total. The molecule has 1 heterocycles. The summed E-state index contributed by atoms with van der Waals surface area (Å²) in [6.45, 7) is 10.3. The zero-order valence-corrected chi connectivity index (χ0v) is 17.1. The van der Waals surface area contributed by atoms with Crippen LogP contribution in [0.5, 0.6) is 0 Å². The molecule has 0 aliphatic carbocycles. The Kier molecular flexibility index (Phi) is 7.66. The van der Waals surface area contributed by atoms with E-state index in [0.717, 1.165) is 6.54 Å². The maximum atomic E-state index is 12.0. The predicted molar refractivity (Wildman–Crippen MR) is 109 cm³/mol. The van der Waals surface area contributed by atoms with Crippen molar-refractivity contribution >= 4 is 18.0 Å². The molecule has 28 heavy (non-hydrogen) atoms. The van der Waals surface area contributed by atoms with Gasteiger partial charge in [-0.15, -0.1) is 0 Å². The van der Waals surface area contributed by atoms with Gasteiger partial charge in [0.2, 0.25) is 0 Å². The molecule has 0 radical (unpaired) electrons. The molecule has 1 aromatic rings. The lowest BCUT2D eigenvalue weighted by atomic mass is 10.1. The van der Waals surface area contributed by atoms with Crippen molar-refractivity contribution < 1.29 is 14.3 Å². The second-order valence-corrected chi connectivity index (χ2v) is 7.61. The maximum absolute atomic E-state index is 12.0. The fraction of sp³-hybridized carbons (Fsp3) is 0.550. The van der Waals surface area contributed by atoms with Gasteiger partial charge >= 0.3 is 6.09 Å². The first kappa shape index (κ1) is 21.5. The van der Waals surface area contributed by atoms with Gasteiger partial charge in [-0.1, -0.05) is 18.2 Å². The van der Waals surface area contributed by atoms with Crippen LogP contribution in [0, 0.1) is 0 Å². The molecule has 1 aliphatic rings. The van der Waals surface area contributed by atoms with E-state index < -0.39 is 5.60 Å². The molecular weight excluding hydrogens is 358 g/mol. The number of ether oxygens (including phenoxy) is 1. The molecule has 0 spiro atoms. The summed E-state index contributed by atoms with van der Waals surface area (Å²) in [5.41, 5.74) is 0.143. The zero-order valence-electron chi connectivity index (χ0n) is 17.1. The Labute approximate surface area is 166 Å². The van der Waals surface area contributed by atoms with Crippen molar-refractivity contribution in [2.45, 2.75) is 39.3 Å². The number of hydrogen-bond donors (Lipinski definition) is 3. The number of likely N-dealkylation sites (tertiary alicyclic amines) is 1. The standard InChI is InChI=1S/C20H31N5O3/c1-5-21-18(23-12-11-22-17(26)15-9-7-6-8-10-15)24-16-13-25(14-16)19(27)28-20(2,3)4/h6-10,16H,5,11-14H2,1-4H3,(H,22,26)(H2,21,23,24). The summed E-state index contributed by atoms with van der Waals surface area (Å²) in [4.78, 5) is 30.1. The van der Waals surface area contributed by atoms with Gasteiger partial charge < -0.3 is 25.6 Å². The van der Waals surface area contributed by atoms with Crippen LogP contribution >= 0.6 is 0 Å². The fourth-order valence-electron chi connectivity index (χ4n) is 2.59. The topological polar surface area (TPSA) is 95.1 Å². The predicted octanol–water partition coefficient (Wildman–Crippen LogP) is 1.59. The van der Waals surface area contributed by atoms with Crippen LogP contribution in [0.15, 0.2) is 35.3 Å². The number of guanidine groups is 1. The molecule has 1 saturated heterocycles. The molecule has 0 unspecified atom stereocenters. The third-order valence-corrected chi connectivity index (χ3v) is 3.92. The van der Waals surface area contributed by atoms with Gasteiger partial charge in [-0.25, -0.2) is 4.79 Å². The number of hydrogen-bond acceptors (Lipinski definition) is 4. The summed E-state index contributed by atoms with van der Waals surface area (Å²) in [7, 11) is 0. The van der Waals surface area contributed by atoms with E-state index in [-0.39, 0.29) is 18.0 Å².